The summed E-state index contributed by atoms with van der Waals surface area (Å²) in [5, 5.41) is 16.3. The molecule has 0 bridgehead atoms. The summed E-state index contributed by atoms with van der Waals surface area (Å²) in [4.78, 5) is 49.0. The molecule has 1 saturated heterocycles. The number of hydrogen-bond donors (Lipinski definition) is 4. The van der Waals surface area contributed by atoms with Crippen LogP contribution in [0.1, 0.15) is 77.2 Å². The Morgan fingerprint density at radius 1 is 1.18 bits per heavy atom. The molecule has 2 unspecified atom stereocenters. The number of aromatic nitrogens is 2. The molecule has 0 radical (unpaired) electrons. The monoisotopic (exact) mass is 544 g/mol. The number of aliphatic hydroxyl groups is 1. The molecular weight excluding hydrogens is 511 g/mol. The highest BCUT2D eigenvalue weighted by Gasteiger charge is 2.59. The highest BCUT2D eigenvalue weighted by Crippen LogP contribution is 2.38. The van der Waals surface area contributed by atoms with Crippen LogP contribution in [0.3, 0.4) is 0 Å². The van der Waals surface area contributed by atoms with Crippen molar-refractivity contribution in [3.8, 4) is 10.4 Å². The summed E-state index contributed by atoms with van der Waals surface area (Å²) in [5.41, 5.74) is 5.11. The number of nitrogens with two attached hydrogens (primary N) is 1. The second-order valence-electron chi connectivity index (χ2n) is 10.5. The van der Waals surface area contributed by atoms with E-state index in [1.165, 1.54) is 19.3 Å². The van der Waals surface area contributed by atoms with Crippen LogP contribution >= 0.6 is 11.3 Å². The Labute approximate surface area is 224 Å². The number of alkyl halides is 1. The number of nitrogens with zero attached hydrogens (tertiary/aromatic N) is 3. The molecule has 204 valence electrons. The van der Waals surface area contributed by atoms with Crippen LogP contribution in [0.15, 0.2) is 12.3 Å². The number of rotatable bonds is 7. The van der Waals surface area contributed by atoms with Gasteiger partial charge in [-0.1, -0.05) is 19.3 Å². The maximum absolute atomic E-state index is 13.7. The Balaban J connectivity index is 1.42. The van der Waals surface area contributed by atoms with E-state index in [0.717, 1.165) is 35.6 Å². The predicted molar refractivity (Wildman–Crippen MR) is 141 cm³/mol. The minimum absolute atomic E-state index is 0.0197. The number of nitrogens with one attached hydrogen (secondary N) is 2. The van der Waals surface area contributed by atoms with Crippen molar-refractivity contribution >= 4 is 34.9 Å². The molecule has 3 amide bonds. The van der Waals surface area contributed by atoms with Crippen LogP contribution in [-0.4, -0.2) is 74.6 Å². The third kappa shape index (κ3) is 5.37. The Morgan fingerprint density at radius 2 is 1.89 bits per heavy atom. The van der Waals surface area contributed by atoms with Crippen molar-refractivity contribution in [1.29, 1.82) is 0 Å². The molecule has 2 aromatic heterocycles. The fraction of sp³-hybridized carbons (Fsp3) is 0.577. The van der Waals surface area contributed by atoms with Crippen LogP contribution in [0.2, 0.25) is 0 Å². The van der Waals surface area contributed by atoms with Gasteiger partial charge in [-0.25, -0.2) is 14.4 Å². The van der Waals surface area contributed by atoms with Gasteiger partial charge in [-0.2, -0.15) is 0 Å². The van der Waals surface area contributed by atoms with Gasteiger partial charge in [-0.05, 0) is 44.2 Å². The molecule has 1 aliphatic heterocycles. The van der Waals surface area contributed by atoms with Crippen molar-refractivity contribution < 1.29 is 23.9 Å². The molecule has 0 aromatic carbocycles. The molecule has 5 rings (SSSR count). The second-order valence-corrected chi connectivity index (χ2v) is 11.5. The molecule has 5 N–H and O–H groups in total. The van der Waals surface area contributed by atoms with Crippen molar-refractivity contribution in [2.75, 3.05) is 18.4 Å². The summed E-state index contributed by atoms with van der Waals surface area (Å²) in [6, 6.07) is 1.51. The molecule has 10 nitrogen and oxygen atoms in total. The van der Waals surface area contributed by atoms with Gasteiger partial charge in [0, 0.05) is 37.3 Å². The van der Waals surface area contributed by atoms with Gasteiger partial charge in [-0.15, -0.1) is 11.3 Å². The van der Waals surface area contributed by atoms with E-state index in [2.05, 4.69) is 20.6 Å². The van der Waals surface area contributed by atoms with Crippen molar-refractivity contribution in [2.24, 2.45) is 5.73 Å². The van der Waals surface area contributed by atoms with Crippen molar-refractivity contribution in [3.05, 3.63) is 28.5 Å². The summed E-state index contributed by atoms with van der Waals surface area (Å²) in [5.74, 6) is -1.12. The number of halogens is 1. The van der Waals surface area contributed by atoms with Gasteiger partial charge >= 0.3 is 0 Å². The maximum atomic E-state index is 13.7. The second kappa shape index (κ2) is 10.6. The first-order valence-electron chi connectivity index (χ1n) is 13.2. The standard InChI is InChI=1S/C26H33FN6O4S/c1-14-11-19(30-16-5-3-2-4-6-16)29-13-17(14)21-20(24(35)33-9-7-15(27)8-10-33)32-23(38-21)22(34)31-18-12-26(18,37)25(28)36/h11,13,15-16,18,37H,2-10,12H2,1H3,(H2,28,36)(H,29,30)(H,31,34). The molecule has 3 heterocycles. The van der Waals surface area contributed by atoms with E-state index in [0.29, 0.717) is 16.5 Å². The largest absolute Gasteiger partial charge is 0.378 e. The van der Waals surface area contributed by atoms with E-state index in [1.54, 1.807) is 11.1 Å². The molecular formula is C26H33FN6O4S. The molecule has 3 fully saturated rings. The van der Waals surface area contributed by atoms with Crippen LogP contribution in [0.4, 0.5) is 10.2 Å². The van der Waals surface area contributed by atoms with Crippen LogP contribution in [0.25, 0.3) is 10.4 Å². The molecule has 0 spiro atoms. The zero-order valence-corrected chi connectivity index (χ0v) is 22.2. The molecule has 2 aromatic rings. The van der Waals surface area contributed by atoms with E-state index in [1.807, 2.05) is 13.0 Å². The Bertz CT molecular complexity index is 1240. The van der Waals surface area contributed by atoms with Crippen molar-refractivity contribution in [1.82, 2.24) is 20.2 Å². The third-order valence-corrected chi connectivity index (χ3v) is 8.80. The summed E-state index contributed by atoms with van der Waals surface area (Å²) in [6.45, 7) is 2.46. The van der Waals surface area contributed by atoms with Gasteiger partial charge in [-0.3, -0.25) is 14.4 Å². The number of aryl methyl sites for hydroxylation is 1. The number of pyridine rings is 1. The number of anilines is 1. The SMILES string of the molecule is Cc1cc(NC2CCCCC2)ncc1-c1sc(C(=O)NC2CC2(O)C(N)=O)nc1C(=O)N1CCC(F)CC1. The summed E-state index contributed by atoms with van der Waals surface area (Å²) in [6.07, 6.45) is 7.16. The van der Waals surface area contributed by atoms with Gasteiger partial charge in [0.1, 0.15) is 17.7 Å². The fourth-order valence-electron chi connectivity index (χ4n) is 5.19. The number of carbonyl (C=O) groups excluding carboxylic acids is 3. The normalized spacial score (nSPS) is 24.2. The molecule has 12 heteroatoms. The van der Waals surface area contributed by atoms with E-state index in [-0.39, 0.29) is 49.0 Å². The molecule has 2 aliphatic carbocycles. The highest BCUT2D eigenvalue weighted by atomic mass is 32.1. The van der Waals surface area contributed by atoms with E-state index in [9.17, 15) is 23.9 Å². The minimum atomic E-state index is -1.77. The molecule has 38 heavy (non-hydrogen) atoms. The number of amides is 3. The zero-order valence-electron chi connectivity index (χ0n) is 21.3. The maximum Gasteiger partial charge on any atom is 0.280 e. The predicted octanol–water partition coefficient (Wildman–Crippen LogP) is 2.55. The van der Waals surface area contributed by atoms with Gasteiger partial charge < -0.3 is 26.4 Å². The quantitative estimate of drug-likeness (QED) is 0.418. The van der Waals surface area contributed by atoms with E-state index in [4.69, 9.17) is 5.73 Å². The lowest BCUT2D eigenvalue weighted by atomic mass is 9.95. The number of piperidine rings is 1. The first-order valence-corrected chi connectivity index (χ1v) is 14.0. The van der Waals surface area contributed by atoms with Gasteiger partial charge in [0.2, 0.25) is 0 Å². The van der Waals surface area contributed by atoms with Crippen LogP contribution in [-0.2, 0) is 4.79 Å². The lowest BCUT2D eigenvalue weighted by Gasteiger charge is -2.28. The van der Waals surface area contributed by atoms with Gasteiger partial charge in [0.15, 0.2) is 10.6 Å². The molecule has 3 aliphatic rings. The summed E-state index contributed by atoms with van der Waals surface area (Å²) < 4.78 is 13.7. The molecule has 2 saturated carbocycles. The fourth-order valence-corrected chi connectivity index (χ4v) is 6.22. The number of thiazole rings is 1. The van der Waals surface area contributed by atoms with Gasteiger partial charge in [0.25, 0.3) is 17.7 Å². The van der Waals surface area contributed by atoms with Crippen LogP contribution in [0, 0.1) is 6.92 Å². The minimum Gasteiger partial charge on any atom is -0.378 e. The average Bonchev–Trinajstić information content (AvgIpc) is 3.35. The number of hydrogen-bond acceptors (Lipinski definition) is 8. The number of carbonyl (C=O) groups is 3. The smallest absolute Gasteiger partial charge is 0.280 e. The lowest BCUT2D eigenvalue weighted by molar-refractivity contribution is -0.128. The number of primary amides is 1. The first-order chi connectivity index (χ1) is 18.2. The van der Waals surface area contributed by atoms with Crippen LogP contribution in [0.5, 0.6) is 0 Å². The van der Waals surface area contributed by atoms with Crippen molar-refractivity contribution in [3.63, 3.8) is 0 Å². The number of likely N-dealkylation sites (tertiary alicyclic amines) is 1. The third-order valence-electron chi connectivity index (χ3n) is 7.71. The van der Waals surface area contributed by atoms with Gasteiger partial charge in [0.05, 0.1) is 10.9 Å². The topological polar surface area (TPSA) is 151 Å². The Morgan fingerprint density at radius 3 is 2.53 bits per heavy atom. The Kier molecular flexibility index (Phi) is 7.36. The average molecular weight is 545 g/mol. The van der Waals surface area contributed by atoms with E-state index < -0.39 is 29.6 Å². The van der Waals surface area contributed by atoms with Crippen LogP contribution < -0.4 is 16.4 Å². The molecule has 2 atom stereocenters. The Hall–Kier alpha value is -3.12. The summed E-state index contributed by atoms with van der Waals surface area (Å²) in [7, 11) is 0. The summed E-state index contributed by atoms with van der Waals surface area (Å²) >= 11 is 1.04. The highest BCUT2D eigenvalue weighted by molar-refractivity contribution is 7.17. The first kappa shape index (κ1) is 26.5. The van der Waals surface area contributed by atoms with E-state index >= 15 is 0 Å². The lowest BCUT2D eigenvalue weighted by Crippen LogP contribution is -2.40. The zero-order chi connectivity index (χ0) is 27.0. The van der Waals surface area contributed by atoms with Crippen molar-refractivity contribution in [2.45, 2.75) is 82.1 Å².